The lowest BCUT2D eigenvalue weighted by Gasteiger charge is -2.24. The molecule has 0 radical (unpaired) electrons. The number of nitrogens with one attached hydrogen (secondary N) is 1. The van der Waals surface area contributed by atoms with Gasteiger partial charge in [0.05, 0.1) is 10.8 Å². The number of amides is 1. The molecule has 7 heteroatoms. The zero-order valence-electron chi connectivity index (χ0n) is 10.3. The summed E-state index contributed by atoms with van der Waals surface area (Å²) in [5.74, 6) is 0.206. The number of fused-ring (bicyclic) bond motifs is 1. The van der Waals surface area contributed by atoms with Crippen LogP contribution in [0.5, 0.6) is 5.75 Å². The number of hydrogen-bond donors (Lipinski definition) is 1. The summed E-state index contributed by atoms with van der Waals surface area (Å²) in [5.41, 5.74) is 0.684. The summed E-state index contributed by atoms with van der Waals surface area (Å²) in [6, 6.07) is 4.43. The standard InChI is InChI=1S/C12H14ClNO4S/c1-2-14-12(15)9-5-8-6-10(19(13,16)17)3-4-11(8)18-7-9/h3-4,6,9H,2,5,7H2,1H3,(H,14,15). The molecule has 0 saturated carbocycles. The van der Waals surface area contributed by atoms with Crippen LogP contribution in [0.15, 0.2) is 23.1 Å². The molecule has 5 nitrogen and oxygen atoms in total. The number of carbonyl (C=O) groups excluding carboxylic acids is 1. The van der Waals surface area contributed by atoms with Crippen LogP contribution in [0.3, 0.4) is 0 Å². The molecule has 19 heavy (non-hydrogen) atoms. The molecule has 0 spiro atoms. The van der Waals surface area contributed by atoms with Gasteiger partial charge in [-0.05, 0) is 37.1 Å². The van der Waals surface area contributed by atoms with Crippen molar-refractivity contribution >= 4 is 25.6 Å². The van der Waals surface area contributed by atoms with Gasteiger partial charge in [0.1, 0.15) is 12.4 Å². The first kappa shape index (κ1) is 14.1. The number of ether oxygens (including phenoxy) is 1. The van der Waals surface area contributed by atoms with Crippen molar-refractivity contribution in [2.45, 2.75) is 18.2 Å². The molecule has 1 aromatic carbocycles. The van der Waals surface area contributed by atoms with Crippen molar-refractivity contribution in [3.05, 3.63) is 23.8 Å². The van der Waals surface area contributed by atoms with Crippen LogP contribution in [-0.2, 0) is 20.3 Å². The Morgan fingerprint density at radius 2 is 2.26 bits per heavy atom. The number of carbonyl (C=O) groups is 1. The van der Waals surface area contributed by atoms with Crippen molar-refractivity contribution in [1.29, 1.82) is 0 Å². The highest BCUT2D eigenvalue weighted by Crippen LogP contribution is 2.30. The van der Waals surface area contributed by atoms with Gasteiger partial charge in [-0.1, -0.05) is 0 Å². The summed E-state index contributed by atoms with van der Waals surface area (Å²) in [7, 11) is 1.53. The zero-order valence-corrected chi connectivity index (χ0v) is 11.9. The third-order valence-electron chi connectivity index (χ3n) is 2.94. The minimum Gasteiger partial charge on any atom is -0.492 e. The Kier molecular flexibility index (Phi) is 4.01. The summed E-state index contributed by atoms with van der Waals surface area (Å²) < 4.78 is 28.0. The van der Waals surface area contributed by atoms with E-state index in [9.17, 15) is 13.2 Å². The van der Waals surface area contributed by atoms with E-state index in [-0.39, 0.29) is 16.7 Å². The lowest BCUT2D eigenvalue weighted by atomic mass is 9.96. The van der Waals surface area contributed by atoms with Gasteiger partial charge in [-0.2, -0.15) is 0 Å². The van der Waals surface area contributed by atoms with E-state index in [1.165, 1.54) is 12.1 Å². The SMILES string of the molecule is CCNC(=O)C1COc2ccc(S(=O)(=O)Cl)cc2C1. The van der Waals surface area contributed by atoms with E-state index in [1.54, 1.807) is 6.07 Å². The van der Waals surface area contributed by atoms with E-state index in [4.69, 9.17) is 15.4 Å². The van der Waals surface area contributed by atoms with Crippen LogP contribution in [0.1, 0.15) is 12.5 Å². The van der Waals surface area contributed by atoms with E-state index < -0.39 is 9.05 Å². The number of hydrogen-bond acceptors (Lipinski definition) is 4. The van der Waals surface area contributed by atoms with Crippen molar-refractivity contribution in [3.63, 3.8) is 0 Å². The zero-order chi connectivity index (χ0) is 14.0. The van der Waals surface area contributed by atoms with Crippen molar-refractivity contribution in [2.24, 2.45) is 5.92 Å². The van der Waals surface area contributed by atoms with Gasteiger partial charge in [-0.25, -0.2) is 8.42 Å². The molecule has 1 N–H and O–H groups in total. The first-order chi connectivity index (χ1) is 8.91. The summed E-state index contributed by atoms with van der Waals surface area (Å²) in [5, 5.41) is 2.73. The Bertz CT molecular complexity index is 600. The first-order valence-corrected chi connectivity index (χ1v) is 8.21. The predicted octanol–water partition coefficient (Wildman–Crippen LogP) is 1.30. The van der Waals surface area contributed by atoms with Crippen molar-refractivity contribution in [2.75, 3.05) is 13.2 Å². The fourth-order valence-corrected chi connectivity index (χ4v) is 2.81. The lowest BCUT2D eigenvalue weighted by molar-refractivity contribution is -0.126. The molecular formula is C12H14ClNO4S. The average molecular weight is 304 g/mol. The number of benzene rings is 1. The summed E-state index contributed by atoms with van der Waals surface area (Å²) in [4.78, 5) is 11.8. The molecule has 1 amide bonds. The quantitative estimate of drug-likeness (QED) is 0.854. The van der Waals surface area contributed by atoms with E-state index in [0.717, 1.165) is 0 Å². The Hall–Kier alpha value is -1.27. The molecule has 1 heterocycles. The molecule has 0 aromatic heterocycles. The van der Waals surface area contributed by atoms with Crippen LogP contribution >= 0.6 is 10.7 Å². The summed E-state index contributed by atoms with van der Waals surface area (Å²) >= 11 is 0. The Labute approximate surface area is 116 Å². The Morgan fingerprint density at radius 3 is 2.89 bits per heavy atom. The fraction of sp³-hybridized carbons (Fsp3) is 0.417. The maximum absolute atomic E-state index is 11.8. The normalized spacial score (nSPS) is 18.3. The van der Waals surface area contributed by atoms with Crippen molar-refractivity contribution < 1.29 is 17.9 Å². The smallest absolute Gasteiger partial charge is 0.261 e. The Morgan fingerprint density at radius 1 is 1.53 bits per heavy atom. The van der Waals surface area contributed by atoms with Crippen LogP contribution in [0.25, 0.3) is 0 Å². The summed E-state index contributed by atoms with van der Waals surface area (Å²) in [6.07, 6.45) is 0.446. The highest BCUT2D eigenvalue weighted by atomic mass is 35.7. The van der Waals surface area contributed by atoms with Crippen LogP contribution in [0.4, 0.5) is 0 Å². The van der Waals surface area contributed by atoms with Gasteiger partial charge in [0.25, 0.3) is 9.05 Å². The molecule has 1 aliphatic rings. The highest BCUT2D eigenvalue weighted by molar-refractivity contribution is 8.13. The van der Waals surface area contributed by atoms with Crippen LogP contribution in [0, 0.1) is 5.92 Å². The lowest BCUT2D eigenvalue weighted by Crippen LogP contribution is -2.37. The van der Waals surface area contributed by atoms with Crippen LogP contribution < -0.4 is 10.1 Å². The van der Waals surface area contributed by atoms with E-state index >= 15 is 0 Å². The second-order valence-electron chi connectivity index (χ2n) is 4.31. The third-order valence-corrected chi connectivity index (χ3v) is 4.29. The maximum atomic E-state index is 11.8. The fourth-order valence-electron chi connectivity index (χ4n) is 2.01. The first-order valence-electron chi connectivity index (χ1n) is 5.90. The molecule has 1 aromatic rings. The maximum Gasteiger partial charge on any atom is 0.261 e. The number of halogens is 1. The van der Waals surface area contributed by atoms with Crippen molar-refractivity contribution in [3.8, 4) is 5.75 Å². The molecule has 1 atom stereocenters. The molecule has 1 aliphatic heterocycles. The largest absolute Gasteiger partial charge is 0.492 e. The highest BCUT2D eigenvalue weighted by Gasteiger charge is 2.26. The van der Waals surface area contributed by atoms with Crippen LogP contribution in [-0.4, -0.2) is 27.5 Å². The predicted molar refractivity (Wildman–Crippen MR) is 70.9 cm³/mol. The van der Waals surface area contributed by atoms with Gasteiger partial charge in [0, 0.05) is 17.2 Å². The second-order valence-corrected chi connectivity index (χ2v) is 6.88. The molecule has 0 fully saturated rings. The minimum atomic E-state index is -3.77. The average Bonchev–Trinajstić information content (AvgIpc) is 2.36. The molecule has 1 unspecified atom stereocenters. The second kappa shape index (κ2) is 5.38. The molecule has 0 aliphatic carbocycles. The Balaban J connectivity index is 2.26. The monoisotopic (exact) mass is 303 g/mol. The number of rotatable bonds is 3. The van der Waals surface area contributed by atoms with Gasteiger partial charge in [-0.3, -0.25) is 4.79 Å². The van der Waals surface area contributed by atoms with Gasteiger partial charge in [0.15, 0.2) is 0 Å². The minimum absolute atomic E-state index is 0.0214. The molecule has 0 bridgehead atoms. The van der Waals surface area contributed by atoms with E-state index in [0.29, 0.717) is 30.9 Å². The summed E-state index contributed by atoms with van der Waals surface area (Å²) in [6.45, 7) is 2.69. The van der Waals surface area contributed by atoms with Crippen molar-refractivity contribution in [1.82, 2.24) is 5.32 Å². The van der Waals surface area contributed by atoms with E-state index in [2.05, 4.69) is 5.32 Å². The molecule has 104 valence electrons. The molecular weight excluding hydrogens is 290 g/mol. The van der Waals surface area contributed by atoms with Crippen LogP contribution in [0.2, 0.25) is 0 Å². The third kappa shape index (κ3) is 3.19. The van der Waals surface area contributed by atoms with Gasteiger partial charge < -0.3 is 10.1 Å². The van der Waals surface area contributed by atoms with Gasteiger partial charge in [-0.15, -0.1) is 0 Å². The van der Waals surface area contributed by atoms with E-state index in [1.807, 2.05) is 6.92 Å². The van der Waals surface area contributed by atoms with Gasteiger partial charge in [0.2, 0.25) is 5.91 Å². The van der Waals surface area contributed by atoms with Gasteiger partial charge >= 0.3 is 0 Å². The molecule has 2 rings (SSSR count). The topological polar surface area (TPSA) is 72.5 Å². The molecule has 0 saturated heterocycles.